The van der Waals surface area contributed by atoms with E-state index in [1.807, 2.05) is 36.4 Å². The van der Waals surface area contributed by atoms with Crippen LogP contribution in [0.4, 0.5) is 13.2 Å². The number of alkyl halides is 2. The highest BCUT2D eigenvalue weighted by Gasteiger charge is 2.51. The predicted octanol–water partition coefficient (Wildman–Crippen LogP) is 8.07. The summed E-state index contributed by atoms with van der Waals surface area (Å²) in [6, 6.07) is 24.1. The molecule has 0 bridgehead atoms. The molecular weight excluding hydrogens is 660 g/mol. The normalized spacial score (nSPS) is 13.4. The Morgan fingerprint density at radius 2 is 1.52 bits per heavy atom. The van der Waals surface area contributed by atoms with Crippen LogP contribution in [0.1, 0.15) is 49.4 Å². The zero-order chi connectivity index (χ0) is 32.1. The highest BCUT2D eigenvalue weighted by atomic mass is 79.9. The number of carbonyl (C=O) groups is 2. The second kappa shape index (κ2) is 13.4. The SMILES string of the molecule is COC(=O)c1ccc(C(CC=Cc2ccccc2)(Cc2ccc(C(F)(F)P(=O)(O)O)c(Br)c2)C(=O)c2ccc(F)cc2)cc1. The van der Waals surface area contributed by atoms with Gasteiger partial charge in [0.1, 0.15) is 5.82 Å². The maximum Gasteiger partial charge on any atom is 0.399 e. The summed E-state index contributed by atoms with van der Waals surface area (Å²) >= 11 is 3.03. The molecule has 44 heavy (non-hydrogen) atoms. The van der Waals surface area contributed by atoms with E-state index in [1.165, 1.54) is 43.5 Å². The molecule has 4 rings (SSSR count). The number of ether oxygens (including phenoxy) is 1. The van der Waals surface area contributed by atoms with Crippen molar-refractivity contribution in [1.82, 2.24) is 0 Å². The van der Waals surface area contributed by atoms with Crippen LogP contribution in [0.15, 0.2) is 108 Å². The van der Waals surface area contributed by atoms with Gasteiger partial charge in [-0.2, -0.15) is 8.78 Å². The molecule has 0 aliphatic rings. The molecule has 228 valence electrons. The molecule has 2 N–H and O–H groups in total. The second-order valence-corrected chi connectivity index (χ2v) is 12.6. The van der Waals surface area contributed by atoms with Crippen molar-refractivity contribution >= 4 is 41.4 Å². The molecule has 1 atom stereocenters. The van der Waals surface area contributed by atoms with Crippen molar-refractivity contribution in [3.8, 4) is 0 Å². The minimum atomic E-state index is -5.84. The quantitative estimate of drug-likeness (QED) is 0.0940. The van der Waals surface area contributed by atoms with Crippen LogP contribution in [-0.4, -0.2) is 28.6 Å². The number of halogens is 4. The van der Waals surface area contributed by atoms with E-state index in [9.17, 15) is 37.1 Å². The summed E-state index contributed by atoms with van der Waals surface area (Å²) in [5.74, 6) is -1.52. The van der Waals surface area contributed by atoms with Crippen molar-refractivity contribution in [3.63, 3.8) is 0 Å². The van der Waals surface area contributed by atoms with E-state index in [2.05, 4.69) is 15.9 Å². The van der Waals surface area contributed by atoms with Gasteiger partial charge >= 0.3 is 19.2 Å². The number of allylic oxidation sites excluding steroid dienone is 1. The summed E-state index contributed by atoms with van der Waals surface area (Å²) in [6.45, 7) is 0. The fourth-order valence-corrected chi connectivity index (χ4v) is 6.23. The summed E-state index contributed by atoms with van der Waals surface area (Å²) < 4.78 is 59.0. The molecule has 6 nitrogen and oxygen atoms in total. The first kappa shape index (κ1) is 33.1. The number of ketones is 1. The number of Topliss-reactive ketones (excluding diaryl/α,β-unsaturated/α-hetero) is 1. The highest BCUT2D eigenvalue weighted by molar-refractivity contribution is 9.10. The van der Waals surface area contributed by atoms with Gasteiger partial charge in [0, 0.05) is 15.6 Å². The summed E-state index contributed by atoms with van der Waals surface area (Å²) in [7, 11) is -4.60. The van der Waals surface area contributed by atoms with Crippen LogP contribution in [0.2, 0.25) is 0 Å². The lowest BCUT2D eigenvalue weighted by Crippen LogP contribution is -2.38. The molecule has 11 heteroatoms. The second-order valence-electron chi connectivity index (χ2n) is 10.1. The third kappa shape index (κ3) is 7.11. The average molecular weight is 687 g/mol. The summed E-state index contributed by atoms with van der Waals surface area (Å²) in [4.78, 5) is 45.1. The topological polar surface area (TPSA) is 101 Å². The Morgan fingerprint density at radius 1 is 0.909 bits per heavy atom. The Bertz CT molecular complexity index is 1720. The van der Waals surface area contributed by atoms with Gasteiger partial charge in [0.15, 0.2) is 5.78 Å². The number of rotatable bonds is 11. The van der Waals surface area contributed by atoms with E-state index in [0.717, 1.165) is 23.8 Å². The molecule has 0 saturated heterocycles. The molecule has 0 aliphatic heterocycles. The van der Waals surface area contributed by atoms with Gasteiger partial charge in [0.05, 0.1) is 18.1 Å². The number of carbonyl (C=O) groups excluding carboxylic acids is 2. The molecule has 0 heterocycles. The molecule has 0 amide bonds. The van der Waals surface area contributed by atoms with Gasteiger partial charge < -0.3 is 14.5 Å². The Balaban J connectivity index is 1.89. The molecule has 0 fully saturated rings. The van der Waals surface area contributed by atoms with Crippen LogP contribution < -0.4 is 0 Å². The maximum atomic E-state index is 14.6. The Hall–Kier alpha value is -3.82. The van der Waals surface area contributed by atoms with E-state index in [0.29, 0.717) is 11.1 Å². The maximum absolute atomic E-state index is 14.6. The monoisotopic (exact) mass is 686 g/mol. The van der Waals surface area contributed by atoms with E-state index in [-0.39, 0.29) is 28.4 Å². The van der Waals surface area contributed by atoms with Gasteiger partial charge in [-0.3, -0.25) is 9.36 Å². The van der Waals surface area contributed by atoms with Crippen LogP contribution in [0.3, 0.4) is 0 Å². The predicted molar refractivity (Wildman–Crippen MR) is 164 cm³/mol. The Morgan fingerprint density at radius 3 is 2.09 bits per heavy atom. The van der Waals surface area contributed by atoms with Crippen molar-refractivity contribution in [2.75, 3.05) is 7.11 Å². The summed E-state index contributed by atoms with van der Waals surface area (Å²) in [5.41, 5.74) is -4.58. The summed E-state index contributed by atoms with van der Waals surface area (Å²) in [6.07, 6.45) is 3.68. The lowest BCUT2D eigenvalue weighted by Gasteiger charge is -2.33. The van der Waals surface area contributed by atoms with Crippen LogP contribution in [0.25, 0.3) is 6.08 Å². The summed E-state index contributed by atoms with van der Waals surface area (Å²) in [5, 5.41) is 0. The van der Waals surface area contributed by atoms with Crippen molar-refractivity contribution in [2.24, 2.45) is 0 Å². The van der Waals surface area contributed by atoms with E-state index in [1.54, 1.807) is 18.2 Å². The number of methoxy groups -OCH3 is 1. The first-order valence-corrected chi connectivity index (χ1v) is 15.6. The average Bonchev–Trinajstić information content (AvgIpc) is 3.00. The number of esters is 1. The van der Waals surface area contributed by atoms with Crippen LogP contribution in [-0.2, 0) is 26.8 Å². The van der Waals surface area contributed by atoms with Crippen molar-refractivity contribution in [2.45, 2.75) is 23.9 Å². The standard InChI is InChI=1S/C33H27BrF3O6P/c1-43-31(39)25-10-14-26(15-11-25)32(19-5-8-22-6-3-2-4-7-22,30(38)24-12-16-27(35)17-13-24)21-23-9-18-28(29(34)20-23)33(36,37)44(40,41)42/h2-18,20H,19,21H2,1H3,(H2,40,41,42). The van der Waals surface area contributed by atoms with Crippen molar-refractivity contribution in [3.05, 3.63) is 147 Å². The molecule has 4 aromatic carbocycles. The van der Waals surface area contributed by atoms with Gasteiger partial charge in [-0.25, -0.2) is 9.18 Å². The molecule has 0 aliphatic carbocycles. The molecule has 0 radical (unpaired) electrons. The lowest BCUT2D eigenvalue weighted by atomic mass is 9.68. The van der Waals surface area contributed by atoms with Gasteiger partial charge in [-0.15, -0.1) is 0 Å². The van der Waals surface area contributed by atoms with Gasteiger partial charge in [-0.1, -0.05) is 82.7 Å². The first-order chi connectivity index (χ1) is 20.8. The van der Waals surface area contributed by atoms with E-state index < -0.39 is 41.8 Å². The number of hydrogen-bond acceptors (Lipinski definition) is 4. The zero-order valence-electron chi connectivity index (χ0n) is 23.3. The molecule has 1 unspecified atom stereocenters. The fourth-order valence-electron chi connectivity index (χ4n) is 4.90. The number of benzene rings is 4. The largest absolute Gasteiger partial charge is 0.465 e. The minimum absolute atomic E-state index is 0.0553. The molecule has 0 saturated carbocycles. The highest BCUT2D eigenvalue weighted by Crippen LogP contribution is 2.60. The Labute approximate surface area is 260 Å². The van der Waals surface area contributed by atoms with E-state index in [4.69, 9.17) is 4.74 Å². The smallest absolute Gasteiger partial charge is 0.399 e. The molecule has 4 aromatic rings. The molecular formula is C33H27BrF3O6P. The van der Waals surface area contributed by atoms with Crippen molar-refractivity contribution < 1.29 is 41.8 Å². The minimum Gasteiger partial charge on any atom is -0.465 e. The van der Waals surface area contributed by atoms with Crippen LogP contribution >= 0.6 is 23.5 Å². The van der Waals surface area contributed by atoms with Gasteiger partial charge in [0.25, 0.3) is 0 Å². The Kier molecular flexibility index (Phi) is 10.1. The third-order valence-electron chi connectivity index (χ3n) is 7.21. The molecule has 0 spiro atoms. The fraction of sp³-hybridized carbons (Fsp3) is 0.152. The first-order valence-electron chi connectivity index (χ1n) is 13.2. The third-order valence-corrected chi connectivity index (χ3v) is 8.83. The zero-order valence-corrected chi connectivity index (χ0v) is 25.8. The van der Waals surface area contributed by atoms with Gasteiger partial charge in [0.2, 0.25) is 0 Å². The van der Waals surface area contributed by atoms with Crippen LogP contribution in [0, 0.1) is 5.82 Å². The molecule has 0 aromatic heterocycles. The van der Waals surface area contributed by atoms with Crippen LogP contribution in [0.5, 0.6) is 0 Å². The van der Waals surface area contributed by atoms with E-state index >= 15 is 0 Å². The van der Waals surface area contributed by atoms with Crippen molar-refractivity contribution in [1.29, 1.82) is 0 Å². The number of hydrogen-bond donors (Lipinski definition) is 2. The lowest BCUT2D eigenvalue weighted by molar-refractivity contribution is 0.0557. The van der Waals surface area contributed by atoms with Gasteiger partial charge in [-0.05, 0) is 72.0 Å².